The van der Waals surface area contributed by atoms with Gasteiger partial charge in [-0.15, -0.1) is 0 Å². The Morgan fingerprint density at radius 3 is 1.94 bits per heavy atom. The van der Waals surface area contributed by atoms with Gasteiger partial charge in [0.25, 0.3) is 0 Å². The summed E-state index contributed by atoms with van der Waals surface area (Å²) in [7, 11) is 8.25. The molecule has 23 heteroatoms. The number of carboxylic acids is 1. The number of likely N-dealkylation sites (N-methyl/N-ethyl adjacent to an activating group) is 3. The van der Waals surface area contributed by atoms with Gasteiger partial charge in [0.05, 0.1) is 42.7 Å². The molecule has 23 nitrogen and oxygen atoms in total. The van der Waals surface area contributed by atoms with Gasteiger partial charge < -0.3 is 51.0 Å². The van der Waals surface area contributed by atoms with E-state index in [0.29, 0.717) is 76.7 Å². The number of benzene rings is 2. The Morgan fingerprint density at radius 2 is 1.38 bits per heavy atom. The van der Waals surface area contributed by atoms with Crippen LogP contribution >= 0.6 is 0 Å². The van der Waals surface area contributed by atoms with E-state index in [4.69, 9.17) is 15.2 Å². The number of carboxylic acid groups (broad SMARTS) is 1. The molecule has 12 atom stereocenters. The van der Waals surface area contributed by atoms with E-state index in [2.05, 4.69) is 16.0 Å². The van der Waals surface area contributed by atoms with E-state index in [9.17, 15) is 57.8 Å². The molecule has 2 saturated heterocycles. The van der Waals surface area contributed by atoms with E-state index in [-0.39, 0.29) is 116 Å². The number of nitrogens with two attached hydrogens (primary N) is 1. The van der Waals surface area contributed by atoms with E-state index in [1.807, 2.05) is 97.7 Å². The van der Waals surface area contributed by atoms with E-state index >= 15 is 0 Å². The third-order valence-electron chi connectivity index (χ3n) is 19.5. The van der Waals surface area contributed by atoms with E-state index in [1.54, 1.807) is 62.0 Å². The summed E-state index contributed by atoms with van der Waals surface area (Å²) in [6.45, 7) is 20.4. The van der Waals surface area contributed by atoms with Gasteiger partial charge in [-0.2, -0.15) is 0 Å². The van der Waals surface area contributed by atoms with Crippen molar-refractivity contribution in [3.05, 3.63) is 65.7 Å². The Bertz CT molecular complexity index is 2870. The SMILES string of the molecule is CC[C@H](C)[C@@H]([C@@H](CC(=O)N1CCC[C@H]1[C@H](OC)[C@@H](C)C(=O)N[C@@H](Cc1ccccc1)C(=O)O)OC)N(C)C(=O)[C@@H](CC(=O)[C@H](C(C)C)N(C)CCc1ccc(N(C)C(=O)[C@H](CCCNC(N)=O)NC(=O)[C@@H](CC(=O)CCCCCN2C(=O)CC(C)C2=O)C(C)C)cc1)C(C)C. The van der Waals surface area contributed by atoms with Crippen molar-refractivity contribution in [1.82, 2.24) is 35.6 Å². The molecule has 2 aromatic rings. The monoisotopic (exact) mass is 1330 g/mol. The van der Waals surface area contributed by atoms with Crippen molar-refractivity contribution in [3.8, 4) is 0 Å². The number of carbonyl (C=O) groups excluding carboxylic acids is 10. The number of carbonyl (C=O) groups is 11. The molecule has 2 aliphatic heterocycles. The molecule has 2 heterocycles. The molecule has 530 valence electrons. The molecule has 0 aromatic heterocycles. The van der Waals surface area contributed by atoms with E-state index in [0.717, 1.165) is 11.1 Å². The zero-order valence-corrected chi connectivity index (χ0v) is 59.4. The number of imide groups is 1. The van der Waals surface area contributed by atoms with Gasteiger partial charge in [0.15, 0.2) is 5.78 Å². The molecular formula is C72H113N9O14. The van der Waals surface area contributed by atoms with Crippen LogP contribution in [0.1, 0.15) is 164 Å². The molecular weight excluding hydrogens is 1210 g/mol. The fourth-order valence-electron chi connectivity index (χ4n) is 13.6. The number of ketones is 2. The van der Waals surface area contributed by atoms with Crippen molar-refractivity contribution < 1.29 is 67.3 Å². The van der Waals surface area contributed by atoms with Crippen LogP contribution in [0, 0.1) is 47.3 Å². The molecule has 1 unspecified atom stereocenters. The lowest BCUT2D eigenvalue weighted by molar-refractivity contribution is -0.149. The lowest BCUT2D eigenvalue weighted by Crippen LogP contribution is -2.55. The highest BCUT2D eigenvalue weighted by molar-refractivity contribution is 6.03. The fraction of sp³-hybridized carbons (Fsp3) is 0.681. The number of ether oxygens (including phenoxy) is 2. The summed E-state index contributed by atoms with van der Waals surface area (Å²) in [4.78, 5) is 156. The van der Waals surface area contributed by atoms with Crippen LogP contribution in [0.15, 0.2) is 54.6 Å². The van der Waals surface area contributed by atoms with Crippen molar-refractivity contribution >= 4 is 70.6 Å². The van der Waals surface area contributed by atoms with Gasteiger partial charge in [0.2, 0.25) is 41.4 Å². The molecule has 0 aliphatic carbocycles. The maximum Gasteiger partial charge on any atom is 0.326 e. The van der Waals surface area contributed by atoms with Crippen LogP contribution in [-0.2, 0) is 70.3 Å². The van der Waals surface area contributed by atoms with Gasteiger partial charge in [-0.25, -0.2) is 9.59 Å². The number of likely N-dealkylation sites (tertiary alicyclic amines) is 2. The van der Waals surface area contributed by atoms with Crippen molar-refractivity contribution in [2.75, 3.05) is 66.4 Å². The number of urea groups is 1. The first kappa shape index (κ1) is 80.3. The zero-order valence-electron chi connectivity index (χ0n) is 59.4. The third kappa shape index (κ3) is 23.6. The Morgan fingerprint density at radius 1 is 0.737 bits per heavy atom. The highest BCUT2D eigenvalue weighted by atomic mass is 16.5. The van der Waals surface area contributed by atoms with Crippen LogP contribution in [0.2, 0.25) is 0 Å². The van der Waals surface area contributed by atoms with Gasteiger partial charge in [0.1, 0.15) is 17.9 Å². The predicted molar refractivity (Wildman–Crippen MR) is 364 cm³/mol. The third-order valence-corrected chi connectivity index (χ3v) is 19.5. The zero-order chi connectivity index (χ0) is 71.0. The van der Waals surface area contributed by atoms with Crippen LogP contribution in [0.5, 0.6) is 0 Å². The van der Waals surface area contributed by atoms with Crippen LogP contribution in [0.4, 0.5) is 10.5 Å². The summed E-state index contributed by atoms with van der Waals surface area (Å²) in [6.07, 6.45) is 3.67. The number of hydrogen-bond donors (Lipinski definition) is 5. The second kappa shape index (κ2) is 39.2. The normalized spacial score (nSPS) is 18.2. The molecule has 95 heavy (non-hydrogen) atoms. The maximum absolute atomic E-state index is 14.9. The van der Waals surface area contributed by atoms with Crippen molar-refractivity contribution in [1.29, 1.82) is 0 Å². The molecule has 2 aliphatic rings. The summed E-state index contributed by atoms with van der Waals surface area (Å²) in [5.41, 5.74) is 7.57. The largest absolute Gasteiger partial charge is 0.480 e. The van der Waals surface area contributed by atoms with E-state index in [1.165, 1.54) is 24.0 Å². The molecule has 4 rings (SSSR count). The number of Topliss-reactive ketones (excluding diaryl/α,β-unsaturated/α-hetero) is 2. The Labute approximate surface area is 564 Å². The number of methoxy groups -OCH3 is 2. The molecule has 0 saturated carbocycles. The van der Waals surface area contributed by atoms with Crippen molar-refractivity contribution in [2.45, 2.75) is 208 Å². The average Bonchev–Trinajstić information content (AvgIpc) is 1.80. The van der Waals surface area contributed by atoms with Gasteiger partial charge in [-0.1, -0.05) is 125 Å². The first-order chi connectivity index (χ1) is 44.9. The fourth-order valence-corrected chi connectivity index (χ4v) is 13.6. The molecule has 0 spiro atoms. The average molecular weight is 1330 g/mol. The first-order valence-electron chi connectivity index (χ1n) is 34.4. The van der Waals surface area contributed by atoms with Crippen molar-refractivity contribution in [3.63, 3.8) is 0 Å². The lowest BCUT2D eigenvalue weighted by atomic mass is 9.83. The Balaban J connectivity index is 1.40. The number of nitrogens with one attached hydrogen (secondary N) is 3. The van der Waals surface area contributed by atoms with Gasteiger partial charge in [0, 0.05) is 110 Å². The number of anilines is 1. The molecule has 0 bridgehead atoms. The highest BCUT2D eigenvalue weighted by Gasteiger charge is 2.44. The lowest BCUT2D eigenvalue weighted by Gasteiger charge is -2.41. The number of nitrogens with zero attached hydrogens (tertiary/aromatic N) is 5. The Kier molecular flexibility index (Phi) is 33.1. The quantitative estimate of drug-likeness (QED) is 0.0323. The second-order valence-corrected chi connectivity index (χ2v) is 27.6. The molecule has 9 amide bonds. The number of aliphatic carboxylic acids is 1. The maximum atomic E-state index is 14.9. The summed E-state index contributed by atoms with van der Waals surface area (Å²) in [5, 5.41) is 18.2. The summed E-state index contributed by atoms with van der Waals surface area (Å²) in [6, 6.07) is 12.0. The number of rotatable bonds is 42. The standard InChI is InChI=1S/C72H113N9O14/c1-16-47(8)64(60(94-14)43-62(85)80-37-24-29-58(80)65(95-15)49(10)66(86)76-57(71(91)92)40-51-25-19-17-20-26-51)79(13)69(89)55(45(4)5)42-59(83)63(46(6)7)77(11)38-34-50-30-32-52(33-31-50)78(12)70(90)56(28-23-35-74-72(73)93)75-67(87)54(44(2)3)41-53(82)27-21-18-22-36-81-61(84)39-48(9)68(81)88/h17,19-20,25-26,30-33,44-49,54-58,60,63-65H,16,18,21-24,27-29,34-43H2,1-15H3,(H,75,87)(H,76,86)(H,91,92)(H3,73,74,93)/t47-,48?,49+,54-,55-,56-,57-,58-,60+,63-,64-,65+/m0/s1. The number of unbranched alkanes of at least 4 members (excludes halogenated alkanes) is 2. The van der Waals surface area contributed by atoms with Crippen LogP contribution < -0.4 is 26.6 Å². The smallest absolute Gasteiger partial charge is 0.326 e. The summed E-state index contributed by atoms with van der Waals surface area (Å²) in [5.74, 6) is -6.66. The minimum absolute atomic E-state index is 0.0128. The van der Waals surface area contributed by atoms with Gasteiger partial charge >= 0.3 is 12.0 Å². The molecule has 2 fully saturated rings. The second-order valence-electron chi connectivity index (χ2n) is 27.6. The minimum atomic E-state index is -1.17. The topological polar surface area (TPSA) is 305 Å². The minimum Gasteiger partial charge on any atom is -0.480 e. The Hall–Kier alpha value is -7.11. The highest BCUT2D eigenvalue weighted by Crippen LogP contribution is 2.32. The number of primary amides is 1. The van der Waals surface area contributed by atoms with Gasteiger partial charge in [-0.05, 0) is 98.9 Å². The predicted octanol–water partition coefficient (Wildman–Crippen LogP) is 7.23. The number of amides is 9. The van der Waals surface area contributed by atoms with E-state index < -0.39 is 89.9 Å². The van der Waals surface area contributed by atoms with Crippen LogP contribution in [-0.4, -0.2) is 194 Å². The summed E-state index contributed by atoms with van der Waals surface area (Å²) >= 11 is 0. The molecule has 2 aromatic carbocycles. The number of hydrogen-bond acceptors (Lipinski definition) is 14. The molecule has 6 N–H and O–H groups in total. The molecule has 0 radical (unpaired) electrons. The van der Waals surface area contributed by atoms with Crippen LogP contribution in [0.25, 0.3) is 0 Å². The van der Waals surface area contributed by atoms with Crippen LogP contribution in [0.3, 0.4) is 0 Å². The summed E-state index contributed by atoms with van der Waals surface area (Å²) < 4.78 is 12.1. The van der Waals surface area contributed by atoms with Gasteiger partial charge in [-0.3, -0.25) is 53.0 Å². The van der Waals surface area contributed by atoms with Crippen molar-refractivity contribution in [2.24, 2.45) is 53.1 Å². The first-order valence-corrected chi connectivity index (χ1v) is 34.4.